The molecular formula is C60H39N3. The molecular weight excluding hydrogens is 763 g/mol. The van der Waals surface area contributed by atoms with Gasteiger partial charge in [-0.25, -0.2) is 0 Å². The van der Waals surface area contributed by atoms with Crippen LogP contribution in [0.1, 0.15) is 53.5 Å². The summed E-state index contributed by atoms with van der Waals surface area (Å²) >= 11 is 0. The number of fused-ring (bicyclic) bond motifs is 9. The van der Waals surface area contributed by atoms with Crippen LogP contribution in [0.15, 0.2) is 236 Å². The zero-order valence-electron chi connectivity index (χ0n) is 70.3. The number of hydrogen-bond acceptors (Lipinski definition) is 0. The van der Waals surface area contributed by atoms with E-state index in [1.807, 2.05) is 0 Å². The minimum Gasteiger partial charge on any atom is -0.309 e. The summed E-state index contributed by atoms with van der Waals surface area (Å²) in [5.41, 5.74) is -13.2. The Balaban J connectivity index is 1.17. The Morgan fingerprint density at radius 3 is 1.29 bits per heavy atom. The summed E-state index contributed by atoms with van der Waals surface area (Å²) < 4.78 is 359. The lowest BCUT2D eigenvalue weighted by molar-refractivity contribution is 1.16. The molecule has 0 unspecified atom stereocenters. The lowest BCUT2D eigenvalue weighted by Gasteiger charge is -2.14. The molecule has 10 aromatic carbocycles. The van der Waals surface area contributed by atoms with Crippen LogP contribution in [0, 0.1) is 0 Å². The Bertz CT molecular complexity index is 6100. The molecule has 0 saturated heterocycles. The van der Waals surface area contributed by atoms with Gasteiger partial charge in [0.15, 0.2) is 0 Å². The van der Waals surface area contributed by atoms with Gasteiger partial charge in [-0.2, -0.15) is 0 Å². The van der Waals surface area contributed by atoms with Crippen molar-refractivity contribution < 1.29 is 53.5 Å². The summed E-state index contributed by atoms with van der Waals surface area (Å²) in [6.07, 6.45) is 0. The molecule has 13 rings (SSSR count). The van der Waals surface area contributed by atoms with E-state index in [0.29, 0.717) is 13.7 Å². The van der Waals surface area contributed by atoms with E-state index in [9.17, 15) is 26.0 Å². The summed E-state index contributed by atoms with van der Waals surface area (Å²) in [5, 5.41) is -4.28. The maximum Gasteiger partial charge on any atom is 0.0652 e. The highest BCUT2D eigenvalue weighted by Crippen LogP contribution is 2.41. The summed E-state index contributed by atoms with van der Waals surface area (Å²) in [6, 6.07) is -40.9. The predicted octanol–water partition coefficient (Wildman–Crippen LogP) is 16.0. The average Bonchev–Trinajstić information content (AvgIpc) is 1.52. The maximum absolute atomic E-state index is 10.2. The van der Waals surface area contributed by atoms with Crippen LogP contribution in [-0.2, 0) is 0 Å². The number of aromatic nitrogens is 3. The first-order valence-corrected chi connectivity index (χ1v) is 18.5. The van der Waals surface area contributed by atoms with E-state index in [1.165, 1.54) is 0 Å². The molecule has 0 aliphatic carbocycles. The highest BCUT2D eigenvalue weighted by Gasteiger charge is 2.19. The van der Waals surface area contributed by atoms with Crippen LogP contribution in [0.25, 0.3) is 116 Å². The van der Waals surface area contributed by atoms with Gasteiger partial charge in [0.2, 0.25) is 0 Å². The highest BCUT2D eigenvalue weighted by atomic mass is 15.0. The van der Waals surface area contributed by atoms with Crippen LogP contribution in [-0.4, -0.2) is 13.7 Å². The van der Waals surface area contributed by atoms with E-state index < -0.39 is 352 Å². The lowest BCUT2D eigenvalue weighted by Crippen LogP contribution is -1.97. The Morgan fingerprint density at radius 1 is 0.238 bits per heavy atom. The van der Waals surface area contributed by atoms with Gasteiger partial charge in [0.05, 0.1) is 92.2 Å². The summed E-state index contributed by atoms with van der Waals surface area (Å²) in [7, 11) is 0. The van der Waals surface area contributed by atoms with E-state index in [0.717, 1.165) is 0 Å². The van der Waals surface area contributed by atoms with Gasteiger partial charge in [0.25, 0.3) is 0 Å². The van der Waals surface area contributed by atoms with Gasteiger partial charge in [-0.15, -0.1) is 0 Å². The third kappa shape index (κ3) is 5.53. The van der Waals surface area contributed by atoms with Gasteiger partial charge in [-0.05, 0) is 106 Å². The second kappa shape index (κ2) is 14.1. The predicted molar refractivity (Wildman–Crippen MR) is 266 cm³/mol. The molecule has 13 aromatic rings. The third-order valence-corrected chi connectivity index (χ3v) is 10.2. The molecule has 0 amide bonds. The Hall–Kier alpha value is -8.40. The van der Waals surface area contributed by atoms with Crippen molar-refractivity contribution in [2.24, 2.45) is 0 Å². The van der Waals surface area contributed by atoms with Gasteiger partial charge < -0.3 is 13.7 Å². The smallest absolute Gasteiger partial charge is 0.0652 e. The lowest BCUT2D eigenvalue weighted by atomic mass is 9.99. The largest absolute Gasteiger partial charge is 0.309 e. The molecule has 3 heteroatoms. The summed E-state index contributed by atoms with van der Waals surface area (Å²) in [5.74, 6) is 0. The molecule has 0 N–H and O–H groups in total. The van der Waals surface area contributed by atoms with Crippen molar-refractivity contribution in [1.29, 1.82) is 0 Å². The fourth-order valence-corrected chi connectivity index (χ4v) is 7.51. The van der Waals surface area contributed by atoms with Crippen molar-refractivity contribution in [3.8, 4) is 50.4 Å². The van der Waals surface area contributed by atoms with Crippen molar-refractivity contribution in [3.05, 3.63) is 236 Å². The van der Waals surface area contributed by atoms with Crippen molar-refractivity contribution in [3.63, 3.8) is 0 Å². The molecule has 0 saturated carbocycles. The SMILES string of the molecule is [2H]c1c([2H])c([2H])c(-c2c([2H])c([2H])c([2H])c(-c3c([2H])c([2H])c(-n4c5c([2H])c([2H])c([2H])c([2H])c5c5c([2H])c(-n6c7c([2H])c([2H])c([2H])c([2H])c7c7c([2H])c(-c8c([2H])c([2H])c([2H])c([2H])c8-n8c9c([2H])c([2H])c([2H])c([2H])c9c9c([2H])c([2H])c([2H])c([2H])c98)c([2H])c([2H])c76)c([2H])c([2H])c54)c([2H])c3[2H])c2[2H])c([2H])c1[2H]. The van der Waals surface area contributed by atoms with Crippen LogP contribution in [0.5, 0.6) is 0 Å². The Kier molecular flexibility index (Phi) is 3.15. The molecule has 3 aromatic heterocycles. The number of rotatable bonds is 6. The first-order chi connectivity index (χ1) is 47.5. The Morgan fingerprint density at radius 2 is 0.651 bits per heavy atom. The number of benzene rings is 10. The minimum absolute atomic E-state index is 0.576. The molecule has 0 fully saturated rings. The van der Waals surface area contributed by atoms with E-state index in [1.54, 1.807) is 0 Å². The Labute approximate surface area is 419 Å². The van der Waals surface area contributed by atoms with Crippen LogP contribution in [0.2, 0.25) is 0 Å². The zero-order chi connectivity index (χ0) is 75.4. The molecule has 0 atom stereocenters. The second-order valence-corrected chi connectivity index (χ2v) is 13.5. The highest BCUT2D eigenvalue weighted by molar-refractivity contribution is 6.14. The maximum atomic E-state index is 10.2. The quantitative estimate of drug-likeness (QED) is 0.158. The molecule has 0 spiro atoms. The van der Waals surface area contributed by atoms with E-state index in [2.05, 4.69) is 0 Å². The molecule has 294 valence electrons. The van der Waals surface area contributed by atoms with Crippen LogP contribution in [0.4, 0.5) is 0 Å². The van der Waals surface area contributed by atoms with Gasteiger partial charge in [-0.3, -0.25) is 0 Å². The average molecular weight is 841 g/mol. The van der Waals surface area contributed by atoms with Crippen LogP contribution in [0.3, 0.4) is 0 Å². The number of nitrogens with zero attached hydrogens (tertiary/aromatic N) is 3. The van der Waals surface area contributed by atoms with Gasteiger partial charge in [-0.1, -0.05) is 157 Å². The summed E-state index contributed by atoms with van der Waals surface area (Å²) in [6.45, 7) is 0. The molecule has 3 nitrogen and oxygen atoms in total. The molecule has 3 heterocycles. The van der Waals surface area contributed by atoms with E-state index in [4.69, 9.17) is 27.4 Å². The number of hydrogen-bond donors (Lipinski definition) is 0. The summed E-state index contributed by atoms with van der Waals surface area (Å²) in [4.78, 5) is 0. The van der Waals surface area contributed by atoms with Gasteiger partial charge >= 0.3 is 0 Å². The van der Waals surface area contributed by atoms with E-state index in [-0.39, 0.29) is 0 Å². The standard InChI is InChI=1S/C60H39N3/c1-2-15-40(16-3-1)42-17-14-18-43(37-42)41-29-32-45(33-30-41)61-55-25-10-8-23-51(55)53-39-46(34-36-60(53)61)62-56-26-11-7-22-50(56)52-38-44(31-35-59(52)62)47-19-4-9-24-54(47)63-57-27-12-5-20-48(57)49-21-6-13-28-58(49)63/h1-39H/i1D,2D,3D,4D,5D,6D,7D,8D,9D,10D,11D,12D,13D,14D,15D,16D,17D,18D,19D,20D,21D,22D,23D,24D,25D,26D,27D,28D,29D,30D,31D,32D,33D,34D,35D,36D,37D,38D,39D. The first kappa shape index (κ1) is 14.1. The molecule has 0 bridgehead atoms. The first-order valence-electron chi connectivity index (χ1n) is 38.0. The monoisotopic (exact) mass is 841 g/mol. The second-order valence-electron chi connectivity index (χ2n) is 13.5. The normalized spacial score (nSPS) is 20.5. The topological polar surface area (TPSA) is 14.8 Å². The third-order valence-electron chi connectivity index (χ3n) is 10.2. The van der Waals surface area contributed by atoms with Crippen molar-refractivity contribution in [2.45, 2.75) is 0 Å². The van der Waals surface area contributed by atoms with Crippen molar-refractivity contribution >= 4 is 65.4 Å². The van der Waals surface area contributed by atoms with Gasteiger partial charge in [0, 0.05) is 49.3 Å². The van der Waals surface area contributed by atoms with Crippen LogP contribution >= 0.6 is 0 Å². The van der Waals surface area contributed by atoms with Crippen LogP contribution < -0.4 is 0 Å². The van der Waals surface area contributed by atoms with Gasteiger partial charge in [0.1, 0.15) is 0 Å². The molecule has 0 radical (unpaired) electrons. The van der Waals surface area contributed by atoms with Crippen molar-refractivity contribution in [2.75, 3.05) is 0 Å². The molecule has 0 aliphatic heterocycles. The number of para-hydroxylation sites is 5. The van der Waals surface area contributed by atoms with Crippen molar-refractivity contribution in [1.82, 2.24) is 13.7 Å². The fourth-order valence-electron chi connectivity index (χ4n) is 7.51. The fraction of sp³-hybridized carbons (Fsp3) is 0. The minimum atomic E-state index is -1.22. The van der Waals surface area contributed by atoms with E-state index >= 15 is 0 Å². The molecule has 0 aliphatic rings. The molecule has 63 heavy (non-hydrogen) atoms. The zero-order valence-corrected chi connectivity index (χ0v) is 31.3.